The molecule has 0 N–H and O–H groups in total. The Labute approximate surface area is 185 Å². The molecule has 1 saturated carbocycles. The van der Waals surface area contributed by atoms with Crippen molar-refractivity contribution in [3.63, 3.8) is 0 Å². The predicted molar refractivity (Wildman–Crippen MR) is 119 cm³/mol. The maximum absolute atomic E-state index is 13.2. The van der Waals surface area contributed by atoms with E-state index in [4.69, 9.17) is 21.3 Å². The average molecular weight is 448 g/mol. The molecule has 160 valence electrons. The molecule has 7 nitrogen and oxygen atoms in total. The number of hydrogen-bond donors (Lipinski definition) is 0. The largest absolute Gasteiger partial charge is 0.443 e. The van der Waals surface area contributed by atoms with Gasteiger partial charge in [0, 0.05) is 22.9 Å². The number of rotatable bonds is 5. The predicted octanol–water partition coefficient (Wildman–Crippen LogP) is 5.78. The SMILES string of the molecule is CC(C)c1cnn2c(N(Cc3nc(C4CC4)cs3)C(=O)OC(C)(C)C)cc(Cl)nc12. The first kappa shape index (κ1) is 21.1. The molecule has 0 aliphatic heterocycles. The van der Waals surface area contributed by atoms with E-state index in [1.807, 2.05) is 20.8 Å². The number of hydrogen-bond acceptors (Lipinski definition) is 6. The van der Waals surface area contributed by atoms with Gasteiger partial charge < -0.3 is 4.74 Å². The first-order valence-corrected chi connectivity index (χ1v) is 11.4. The van der Waals surface area contributed by atoms with E-state index >= 15 is 0 Å². The Hall–Kier alpha value is -2.19. The molecule has 3 heterocycles. The molecule has 0 unspecified atom stereocenters. The fourth-order valence-electron chi connectivity index (χ4n) is 3.19. The molecule has 0 bridgehead atoms. The highest BCUT2D eigenvalue weighted by Crippen LogP contribution is 2.40. The van der Waals surface area contributed by atoms with Crippen LogP contribution in [-0.4, -0.2) is 31.3 Å². The molecule has 3 aromatic rings. The Bertz CT molecular complexity index is 1080. The van der Waals surface area contributed by atoms with Crippen molar-refractivity contribution >= 4 is 40.5 Å². The maximum Gasteiger partial charge on any atom is 0.416 e. The minimum Gasteiger partial charge on any atom is -0.443 e. The molecule has 9 heteroatoms. The number of halogens is 1. The van der Waals surface area contributed by atoms with Crippen LogP contribution in [0.15, 0.2) is 17.6 Å². The van der Waals surface area contributed by atoms with E-state index in [0.29, 0.717) is 22.5 Å². The maximum atomic E-state index is 13.2. The van der Waals surface area contributed by atoms with Crippen molar-refractivity contribution in [2.75, 3.05) is 4.90 Å². The molecular weight excluding hydrogens is 422 g/mol. The van der Waals surface area contributed by atoms with Crippen LogP contribution in [0.25, 0.3) is 5.65 Å². The van der Waals surface area contributed by atoms with Crippen LogP contribution in [0.2, 0.25) is 5.15 Å². The van der Waals surface area contributed by atoms with Crippen LogP contribution in [-0.2, 0) is 11.3 Å². The second-order valence-electron chi connectivity index (χ2n) is 8.93. The van der Waals surface area contributed by atoms with Gasteiger partial charge in [0.15, 0.2) is 5.65 Å². The molecule has 0 aromatic carbocycles. The molecular formula is C21H26ClN5O2S. The van der Waals surface area contributed by atoms with Crippen molar-refractivity contribution in [1.29, 1.82) is 0 Å². The summed E-state index contributed by atoms with van der Waals surface area (Å²) >= 11 is 7.91. The summed E-state index contributed by atoms with van der Waals surface area (Å²) in [7, 11) is 0. The molecule has 30 heavy (non-hydrogen) atoms. The van der Waals surface area contributed by atoms with Gasteiger partial charge >= 0.3 is 6.09 Å². The molecule has 1 fully saturated rings. The minimum absolute atomic E-state index is 0.219. The second kappa shape index (κ2) is 7.81. The lowest BCUT2D eigenvalue weighted by Crippen LogP contribution is -2.37. The van der Waals surface area contributed by atoms with Crippen molar-refractivity contribution in [2.45, 2.75) is 71.4 Å². The van der Waals surface area contributed by atoms with Gasteiger partial charge in [-0.1, -0.05) is 25.4 Å². The van der Waals surface area contributed by atoms with E-state index in [1.54, 1.807) is 33.0 Å². The van der Waals surface area contributed by atoms with Gasteiger partial charge in [0.25, 0.3) is 0 Å². The van der Waals surface area contributed by atoms with E-state index in [1.165, 1.54) is 12.8 Å². The molecule has 0 atom stereocenters. The number of thiazole rings is 1. The fourth-order valence-corrected chi connectivity index (χ4v) is 4.23. The number of carbonyl (C=O) groups excluding carboxylic acids is 1. The topological polar surface area (TPSA) is 72.6 Å². The molecule has 0 spiro atoms. The zero-order valence-electron chi connectivity index (χ0n) is 17.8. The van der Waals surface area contributed by atoms with Gasteiger partial charge in [-0.3, -0.25) is 4.90 Å². The van der Waals surface area contributed by atoms with Crippen LogP contribution in [0.3, 0.4) is 0 Å². The fraction of sp³-hybridized carbons (Fsp3) is 0.524. The minimum atomic E-state index is -0.638. The number of carbonyl (C=O) groups is 1. The summed E-state index contributed by atoms with van der Waals surface area (Å²) in [6.45, 7) is 9.95. The highest BCUT2D eigenvalue weighted by molar-refractivity contribution is 7.09. The summed E-state index contributed by atoms with van der Waals surface area (Å²) < 4.78 is 7.35. The second-order valence-corrected chi connectivity index (χ2v) is 10.3. The molecule has 3 aromatic heterocycles. The first-order valence-electron chi connectivity index (χ1n) is 10.1. The van der Waals surface area contributed by atoms with Gasteiger partial charge in [-0.05, 0) is 39.5 Å². The lowest BCUT2D eigenvalue weighted by molar-refractivity contribution is 0.0575. The number of fused-ring (bicyclic) bond motifs is 1. The lowest BCUT2D eigenvalue weighted by atomic mass is 10.1. The summed E-state index contributed by atoms with van der Waals surface area (Å²) in [5.41, 5.74) is 2.07. The molecule has 4 rings (SSSR count). The number of anilines is 1. The van der Waals surface area contributed by atoms with Gasteiger partial charge in [-0.25, -0.2) is 14.8 Å². The normalized spacial score (nSPS) is 14.5. The summed E-state index contributed by atoms with van der Waals surface area (Å²) in [4.78, 5) is 23.9. The van der Waals surface area contributed by atoms with Crippen LogP contribution in [0.5, 0.6) is 0 Å². The quantitative estimate of drug-likeness (QED) is 0.463. The van der Waals surface area contributed by atoms with Gasteiger partial charge in [0.1, 0.15) is 21.6 Å². The zero-order valence-corrected chi connectivity index (χ0v) is 19.4. The Morgan fingerprint density at radius 2 is 2.10 bits per heavy atom. The summed E-state index contributed by atoms with van der Waals surface area (Å²) in [6, 6.07) is 1.64. The van der Waals surface area contributed by atoms with Crippen molar-refractivity contribution < 1.29 is 9.53 Å². The van der Waals surface area contributed by atoms with Crippen LogP contribution >= 0.6 is 22.9 Å². The molecule has 1 aliphatic rings. The van der Waals surface area contributed by atoms with Crippen LogP contribution in [0.1, 0.15) is 75.6 Å². The van der Waals surface area contributed by atoms with E-state index < -0.39 is 11.7 Å². The van der Waals surface area contributed by atoms with E-state index in [0.717, 1.165) is 16.3 Å². The Kier molecular flexibility index (Phi) is 5.48. The van der Waals surface area contributed by atoms with Crippen LogP contribution in [0, 0.1) is 0 Å². The number of ether oxygens (including phenoxy) is 1. The molecule has 1 amide bonds. The monoisotopic (exact) mass is 447 g/mol. The average Bonchev–Trinajstić information content (AvgIpc) is 3.22. The van der Waals surface area contributed by atoms with Crippen molar-refractivity contribution in [3.8, 4) is 0 Å². The highest BCUT2D eigenvalue weighted by atomic mass is 35.5. The zero-order chi connectivity index (χ0) is 21.6. The summed E-state index contributed by atoms with van der Waals surface area (Å²) in [5.74, 6) is 1.29. The number of amides is 1. The molecule has 0 radical (unpaired) electrons. The van der Waals surface area contributed by atoms with Crippen LogP contribution < -0.4 is 4.90 Å². The summed E-state index contributed by atoms with van der Waals surface area (Å²) in [6.07, 6.45) is 3.67. The molecule has 0 saturated heterocycles. The van der Waals surface area contributed by atoms with Crippen molar-refractivity contribution in [1.82, 2.24) is 19.6 Å². The van der Waals surface area contributed by atoms with Gasteiger partial charge in [-0.15, -0.1) is 11.3 Å². The van der Waals surface area contributed by atoms with Crippen LogP contribution in [0.4, 0.5) is 10.6 Å². The third-order valence-corrected chi connectivity index (χ3v) is 5.87. The van der Waals surface area contributed by atoms with E-state index in [9.17, 15) is 4.79 Å². The van der Waals surface area contributed by atoms with Gasteiger partial charge in [0.05, 0.1) is 18.4 Å². The number of nitrogens with zero attached hydrogens (tertiary/aromatic N) is 5. The highest BCUT2D eigenvalue weighted by Gasteiger charge is 2.30. The Morgan fingerprint density at radius 3 is 2.73 bits per heavy atom. The van der Waals surface area contributed by atoms with Crippen molar-refractivity contribution in [3.05, 3.63) is 39.1 Å². The molecule has 1 aliphatic carbocycles. The van der Waals surface area contributed by atoms with Crippen molar-refractivity contribution in [2.24, 2.45) is 0 Å². The standard InChI is InChI=1S/C21H26ClN5O2S/c1-12(2)14-9-23-27-18(8-16(22)25-19(14)27)26(20(28)29-21(3,4)5)10-17-24-15(11-30-17)13-6-7-13/h8-9,11-13H,6-7,10H2,1-5H3. The Morgan fingerprint density at radius 1 is 1.37 bits per heavy atom. The number of aromatic nitrogens is 4. The third kappa shape index (κ3) is 4.44. The van der Waals surface area contributed by atoms with Gasteiger partial charge in [0.2, 0.25) is 0 Å². The smallest absolute Gasteiger partial charge is 0.416 e. The van der Waals surface area contributed by atoms with E-state index in [-0.39, 0.29) is 12.5 Å². The third-order valence-electron chi connectivity index (χ3n) is 4.82. The summed E-state index contributed by atoms with van der Waals surface area (Å²) in [5, 5.41) is 7.72. The lowest BCUT2D eigenvalue weighted by Gasteiger charge is -2.27. The Balaban J connectivity index is 1.77. The van der Waals surface area contributed by atoms with E-state index in [2.05, 4.69) is 29.3 Å². The first-order chi connectivity index (χ1) is 14.1. The van der Waals surface area contributed by atoms with Gasteiger partial charge in [-0.2, -0.15) is 9.61 Å².